The van der Waals surface area contributed by atoms with E-state index in [9.17, 15) is 24.3 Å². The average molecular weight is 459 g/mol. The normalized spacial score (nSPS) is 35.2. The van der Waals surface area contributed by atoms with Crippen molar-refractivity contribution in [3.8, 4) is 5.75 Å². The SMILES string of the molecule is O=C(O)CN1C(=O)C2C3CC(C2C1=O)C1C3Sc2[nH]c(=O)sc2[C@@H]1c1ccccc1O. The summed E-state index contributed by atoms with van der Waals surface area (Å²) < 4.78 is 0. The Bertz CT molecular complexity index is 1200. The summed E-state index contributed by atoms with van der Waals surface area (Å²) in [5, 5.41) is 20.6. The number of rotatable bonds is 3. The number of H-pyrrole nitrogens is 1. The third kappa shape index (κ3) is 2.48. The molecule has 2 aromatic rings. The number of carbonyl (C=O) groups is 3. The number of hydrogen-bond acceptors (Lipinski definition) is 7. The Balaban J connectivity index is 1.47. The number of carbonyl (C=O) groups excluding carboxylic acids is 2. The first-order chi connectivity index (χ1) is 14.9. The van der Waals surface area contributed by atoms with Crippen LogP contribution in [0.5, 0.6) is 5.75 Å². The van der Waals surface area contributed by atoms with E-state index in [0.717, 1.165) is 38.1 Å². The zero-order valence-corrected chi connectivity index (χ0v) is 17.7. The fourth-order valence-electron chi connectivity index (χ4n) is 6.47. The van der Waals surface area contributed by atoms with Gasteiger partial charge in [0.1, 0.15) is 12.3 Å². The van der Waals surface area contributed by atoms with Crippen LogP contribution in [0, 0.1) is 29.6 Å². The Labute approximate surface area is 184 Å². The van der Waals surface area contributed by atoms with Crippen molar-refractivity contribution < 1.29 is 24.6 Å². The van der Waals surface area contributed by atoms with Gasteiger partial charge in [0.25, 0.3) is 0 Å². The van der Waals surface area contributed by atoms with Crippen molar-refractivity contribution in [2.24, 2.45) is 29.6 Å². The number of hydrogen-bond donors (Lipinski definition) is 3. The lowest BCUT2D eigenvalue weighted by Crippen LogP contribution is -2.42. The molecule has 31 heavy (non-hydrogen) atoms. The number of carboxylic acid groups (broad SMARTS) is 1. The predicted octanol–water partition coefficient (Wildman–Crippen LogP) is 1.70. The van der Waals surface area contributed by atoms with Gasteiger partial charge in [-0.3, -0.25) is 24.1 Å². The lowest BCUT2D eigenvalue weighted by atomic mass is 9.68. The first kappa shape index (κ1) is 19.1. The molecular weight excluding hydrogens is 440 g/mol. The number of carboxylic acids is 1. The van der Waals surface area contributed by atoms with Crippen LogP contribution in [0.1, 0.15) is 22.8 Å². The molecule has 2 saturated carbocycles. The number of aromatic hydroxyl groups is 1. The van der Waals surface area contributed by atoms with E-state index < -0.39 is 30.3 Å². The van der Waals surface area contributed by atoms with Gasteiger partial charge < -0.3 is 15.2 Å². The summed E-state index contributed by atoms with van der Waals surface area (Å²) in [7, 11) is 0. The van der Waals surface area contributed by atoms with Gasteiger partial charge in [0.2, 0.25) is 11.8 Å². The lowest BCUT2D eigenvalue weighted by molar-refractivity contribution is -0.149. The molecule has 6 unspecified atom stereocenters. The van der Waals surface area contributed by atoms with Gasteiger partial charge in [-0.15, -0.1) is 11.8 Å². The summed E-state index contributed by atoms with van der Waals surface area (Å²) in [5.74, 6) is -3.29. The summed E-state index contributed by atoms with van der Waals surface area (Å²) in [5.41, 5.74) is 0.720. The van der Waals surface area contributed by atoms with E-state index in [2.05, 4.69) is 4.98 Å². The monoisotopic (exact) mass is 458 g/mol. The van der Waals surface area contributed by atoms with Crippen molar-refractivity contribution >= 4 is 40.9 Å². The first-order valence-corrected chi connectivity index (χ1v) is 11.8. The highest BCUT2D eigenvalue weighted by Crippen LogP contribution is 2.68. The van der Waals surface area contributed by atoms with Crippen molar-refractivity contribution in [1.29, 1.82) is 0 Å². The molecule has 2 amide bonds. The van der Waals surface area contributed by atoms with Crippen molar-refractivity contribution in [3.05, 3.63) is 44.4 Å². The number of likely N-dealkylation sites (tertiary alicyclic amines) is 1. The maximum atomic E-state index is 13.1. The van der Waals surface area contributed by atoms with E-state index in [0.29, 0.717) is 0 Å². The maximum absolute atomic E-state index is 13.1. The largest absolute Gasteiger partial charge is 0.508 e. The van der Waals surface area contributed by atoms with Crippen molar-refractivity contribution in [2.75, 3.05) is 6.54 Å². The summed E-state index contributed by atoms with van der Waals surface area (Å²) in [6, 6.07) is 7.06. The second kappa shape index (κ2) is 6.46. The van der Waals surface area contributed by atoms with Crippen molar-refractivity contribution in [2.45, 2.75) is 22.6 Å². The van der Waals surface area contributed by atoms with E-state index in [4.69, 9.17) is 5.11 Å². The van der Waals surface area contributed by atoms with Gasteiger partial charge in [-0.25, -0.2) is 0 Å². The van der Waals surface area contributed by atoms with E-state index in [1.54, 1.807) is 23.9 Å². The molecule has 2 aliphatic heterocycles. The second-order valence-corrected chi connectivity index (χ2v) is 10.9. The molecule has 3 heterocycles. The highest BCUT2D eigenvalue weighted by Gasteiger charge is 2.69. The number of nitrogens with one attached hydrogen (secondary N) is 1. The fraction of sp³-hybridized carbons (Fsp3) is 0.429. The van der Waals surface area contributed by atoms with E-state index in [-0.39, 0.29) is 45.5 Å². The average Bonchev–Trinajstić information content (AvgIpc) is 3.44. The number of thioether (sulfide) groups is 1. The van der Waals surface area contributed by atoms with Crippen LogP contribution in [0.3, 0.4) is 0 Å². The number of phenolic OH excluding ortho intramolecular Hbond substituents is 1. The van der Waals surface area contributed by atoms with Crippen LogP contribution in [0.15, 0.2) is 34.1 Å². The van der Waals surface area contributed by atoms with Gasteiger partial charge in [0.05, 0.1) is 16.9 Å². The number of nitrogens with zero attached hydrogens (tertiary/aromatic N) is 1. The smallest absolute Gasteiger partial charge is 0.323 e. The molecule has 1 aromatic carbocycles. The van der Waals surface area contributed by atoms with Crippen molar-refractivity contribution in [3.63, 3.8) is 0 Å². The molecule has 8 nitrogen and oxygen atoms in total. The van der Waals surface area contributed by atoms with Gasteiger partial charge >= 0.3 is 10.8 Å². The Morgan fingerprint density at radius 1 is 1.13 bits per heavy atom. The number of aromatic nitrogens is 1. The summed E-state index contributed by atoms with van der Waals surface area (Å²) in [6.07, 6.45) is 0.722. The van der Waals surface area contributed by atoms with Crippen molar-refractivity contribution in [1.82, 2.24) is 9.88 Å². The summed E-state index contributed by atoms with van der Waals surface area (Å²) in [6.45, 7) is -0.601. The summed E-state index contributed by atoms with van der Waals surface area (Å²) in [4.78, 5) is 54.0. The van der Waals surface area contributed by atoms with Crippen LogP contribution < -0.4 is 4.87 Å². The topological polar surface area (TPSA) is 128 Å². The molecule has 160 valence electrons. The van der Waals surface area contributed by atoms with Crippen LogP contribution in [0.25, 0.3) is 0 Å². The fourth-order valence-corrected chi connectivity index (χ4v) is 9.35. The molecule has 10 heteroatoms. The molecule has 2 bridgehead atoms. The minimum Gasteiger partial charge on any atom is -0.508 e. The number of phenols is 1. The quantitative estimate of drug-likeness (QED) is 0.597. The number of amides is 2. The van der Waals surface area contributed by atoms with Gasteiger partial charge in [0.15, 0.2) is 0 Å². The minimum absolute atomic E-state index is 0.00938. The number of fused-ring (bicyclic) bond motifs is 9. The van der Waals surface area contributed by atoms with Crippen LogP contribution in [-0.2, 0) is 14.4 Å². The predicted molar refractivity (Wildman–Crippen MR) is 111 cm³/mol. The lowest BCUT2D eigenvalue weighted by Gasteiger charge is -2.43. The molecule has 2 aliphatic carbocycles. The maximum Gasteiger partial charge on any atom is 0.323 e. The Kier molecular flexibility index (Phi) is 3.98. The zero-order chi connectivity index (χ0) is 21.6. The van der Waals surface area contributed by atoms with E-state index in [1.807, 2.05) is 12.1 Å². The molecule has 0 spiro atoms. The number of aliphatic carboxylic acids is 1. The van der Waals surface area contributed by atoms with E-state index in [1.165, 1.54) is 0 Å². The third-order valence-corrected chi connectivity index (χ3v) is 9.97. The molecule has 3 N–H and O–H groups in total. The van der Waals surface area contributed by atoms with Gasteiger partial charge in [-0.05, 0) is 30.2 Å². The second-order valence-electron chi connectivity index (χ2n) is 8.68. The van der Waals surface area contributed by atoms with Gasteiger partial charge in [-0.2, -0.15) is 0 Å². The number of para-hydroxylation sites is 1. The zero-order valence-electron chi connectivity index (χ0n) is 16.1. The van der Waals surface area contributed by atoms with Crippen LogP contribution in [0.2, 0.25) is 0 Å². The molecule has 7 atom stereocenters. The molecule has 1 aromatic heterocycles. The third-order valence-electron chi connectivity index (χ3n) is 7.38. The Morgan fingerprint density at radius 2 is 1.84 bits per heavy atom. The molecule has 1 saturated heterocycles. The van der Waals surface area contributed by atoms with Crippen LogP contribution in [0.4, 0.5) is 0 Å². The number of benzene rings is 1. The molecule has 4 aliphatic rings. The standard InChI is InChI=1S/C21H18N2O6S2/c24-10-4-2-1-3-7(10)12-13-8-5-9(16(13)30-18-17(12)31-21(29)22-18)15-14(8)19(27)23(20(15)28)6-11(25)26/h1-4,8-9,12-16,24H,5-6H2,(H,22,29)(H,25,26)/t8?,9?,12-,13?,14?,15?,16?/m1/s1. The van der Waals surface area contributed by atoms with Gasteiger partial charge in [0, 0.05) is 21.6 Å². The van der Waals surface area contributed by atoms with Crippen LogP contribution in [-0.4, -0.2) is 49.7 Å². The highest BCUT2D eigenvalue weighted by molar-refractivity contribution is 8.00. The Morgan fingerprint density at radius 3 is 2.55 bits per heavy atom. The number of aromatic amines is 1. The molecule has 0 radical (unpaired) electrons. The van der Waals surface area contributed by atoms with Gasteiger partial charge in [-0.1, -0.05) is 29.5 Å². The van der Waals surface area contributed by atoms with E-state index >= 15 is 0 Å². The summed E-state index contributed by atoms with van der Waals surface area (Å²) >= 11 is 2.69. The first-order valence-electron chi connectivity index (χ1n) is 10.1. The minimum atomic E-state index is -1.20. The molecular formula is C21H18N2O6S2. The van der Waals surface area contributed by atoms with Crippen LogP contribution >= 0.6 is 23.1 Å². The Hall–Kier alpha value is -2.59. The number of thiazole rings is 1. The molecule has 3 fully saturated rings. The molecule has 6 rings (SSSR count). The highest BCUT2D eigenvalue weighted by atomic mass is 32.2. The number of imide groups is 1.